The Labute approximate surface area is 162 Å². The summed E-state index contributed by atoms with van der Waals surface area (Å²) in [5.41, 5.74) is -0.509. The van der Waals surface area contributed by atoms with Crippen LogP contribution in [0.25, 0.3) is 0 Å². The van der Waals surface area contributed by atoms with Crippen molar-refractivity contribution in [1.82, 2.24) is 15.1 Å². The predicted molar refractivity (Wildman–Crippen MR) is 103 cm³/mol. The summed E-state index contributed by atoms with van der Waals surface area (Å²) in [6.07, 6.45) is 3.63. The Morgan fingerprint density at radius 2 is 1.67 bits per heavy atom. The van der Waals surface area contributed by atoms with Crippen LogP contribution >= 0.6 is 0 Å². The van der Waals surface area contributed by atoms with Crippen LogP contribution < -0.4 is 5.32 Å². The summed E-state index contributed by atoms with van der Waals surface area (Å²) in [5, 5.41) is 2.94. The molecule has 2 aliphatic heterocycles. The van der Waals surface area contributed by atoms with Crippen molar-refractivity contribution in [2.24, 2.45) is 11.8 Å². The fraction of sp³-hybridized carbons (Fsp3) is 0.850. The molecule has 2 aliphatic rings. The number of ether oxygens (including phenoxy) is 1. The molecule has 2 heterocycles. The molecule has 2 rings (SSSR count). The van der Waals surface area contributed by atoms with Gasteiger partial charge < -0.3 is 19.9 Å². The zero-order chi connectivity index (χ0) is 20.0. The minimum Gasteiger partial charge on any atom is -0.444 e. The molecule has 0 aromatic rings. The van der Waals surface area contributed by atoms with Gasteiger partial charge in [0.2, 0.25) is 11.8 Å². The maximum Gasteiger partial charge on any atom is 0.410 e. The van der Waals surface area contributed by atoms with Crippen LogP contribution in [0.2, 0.25) is 0 Å². The number of hydrogen-bond acceptors (Lipinski definition) is 4. The lowest BCUT2D eigenvalue weighted by atomic mass is 9.92. The fourth-order valence-electron chi connectivity index (χ4n) is 3.68. The molecule has 0 radical (unpaired) electrons. The van der Waals surface area contributed by atoms with Crippen molar-refractivity contribution < 1.29 is 19.1 Å². The summed E-state index contributed by atoms with van der Waals surface area (Å²) < 4.78 is 5.41. The molecular formula is C20H35N3O4. The number of hydrogen-bond donors (Lipinski definition) is 1. The minimum absolute atomic E-state index is 0.0640. The number of rotatable bonds is 4. The Morgan fingerprint density at radius 1 is 1.00 bits per heavy atom. The lowest BCUT2D eigenvalue weighted by molar-refractivity contribution is -0.140. The maximum atomic E-state index is 12.9. The number of carbonyl (C=O) groups is 3. The maximum absolute atomic E-state index is 12.9. The van der Waals surface area contributed by atoms with E-state index in [2.05, 4.69) is 5.32 Å². The molecule has 1 N–H and O–H groups in total. The van der Waals surface area contributed by atoms with Crippen molar-refractivity contribution in [3.8, 4) is 0 Å². The third-order valence-corrected chi connectivity index (χ3v) is 5.15. The van der Waals surface area contributed by atoms with E-state index in [9.17, 15) is 14.4 Å². The highest BCUT2D eigenvalue weighted by Gasteiger charge is 2.35. The molecule has 0 saturated carbocycles. The van der Waals surface area contributed by atoms with E-state index in [-0.39, 0.29) is 29.7 Å². The van der Waals surface area contributed by atoms with Crippen LogP contribution in [0.1, 0.15) is 59.8 Å². The van der Waals surface area contributed by atoms with Gasteiger partial charge in [0.15, 0.2) is 0 Å². The molecule has 0 bridgehead atoms. The molecule has 2 saturated heterocycles. The first kappa shape index (κ1) is 21.5. The van der Waals surface area contributed by atoms with Crippen molar-refractivity contribution in [1.29, 1.82) is 0 Å². The first-order valence-electron chi connectivity index (χ1n) is 10.3. The zero-order valence-electron chi connectivity index (χ0n) is 17.3. The van der Waals surface area contributed by atoms with E-state index in [1.807, 2.05) is 32.6 Å². The molecule has 0 aromatic carbocycles. The molecule has 1 unspecified atom stereocenters. The average molecular weight is 382 g/mol. The number of carbonyl (C=O) groups excluding carboxylic acids is 3. The first-order valence-corrected chi connectivity index (χ1v) is 10.3. The Hall–Kier alpha value is -1.79. The monoisotopic (exact) mass is 381 g/mol. The van der Waals surface area contributed by atoms with Gasteiger partial charge in [-0.3, -0.25) is 9.59 Å². The fourth-order valence-corrected chi connectivity index (χ4v) is 3.68. The number of piperidine rings is 2. The van der Waals surface area contributed by atoms with E-state index in [0.29, 0.717) is 39.0 Å². The lowest BCUT2D eigenvalue weighted by Crippen LogP contribution is -2.50. The van der Waals surface area contributed by atoms with E-state index >= 15 is 0 Å². The summed E-state index contributed by atoms with van der Waals surface area (Å²) in [6.45, 7) is 10.6. The molecular weight excluding hydrogens is 346 g/mol. The topological polar surface area (TPSA) is 79.0 Å². The van der Waals surface area contributed by atoms with Crippen LogP contribution in [0.5, 0.6) is 0 Å². The second kappa shape index (κ2) is 9.42. The number of nitrogens with zero attached hydrogens (tertiary/aromatic N) is 2. The van der Waals surface area contributed by atoms with Gasteiger partial charge in [-0.25, -0.2) is 4.79 Å². The predicted octanol–water partition coefficient (Wildman–Crippen LogP) is 2.40. The SMILES string of the molecule is CCCNC(=O)C1CCCN(C(=O)C2CCN(C(=O)OC(C)(C)C)CC2)C1. The van der Waals surface area contributed by atoms with Crippen molar-refractivity contribution >= 4 is 17.9 Å². The van der Waals surface area contributed by atoms with Crippen molar-refractivity contribution in [2.45, 2.75) is 65.4 Å². The molecule has 1 atom stereocenters. The van der Waals surface area contributed by atoms with E-state index in [4.69, 9.17) is 4.74 Å². The van der Waals surface area contributed by atoms with Crippen molar-refractivity contribution in [3.05, 3.63) is 0 Å². The van der Waals surface area contributed by atoms with E-state index < -0.39 is 5.60 Å². The summed E-state index contributed by atoms with van der Waals surface area (Å²) in [6, 6.07) is 0. The molecule has 7 nitrogen and oxygen atoms in total. The third kappa shape index (κ3) is 6.40. The lowest BCUT2D eigenvalue weighted by Gasteiger charge is -2.37. The Balaban J connectivity index is 1.82. The zero-order valence-corrected chi connectivity index (χ0v) is 17.3. The summed E-state index contributed by atoms with van der Waals surface area (Å²) in [4.78, 5) is 40.8. The summed E-state index contributed by atoms with van der Waals surface area (Å²) >= 11 is 0. The smallest absolute Gasteiger partial charge is 0.410 e. The van der Waals surface area contributed by atoms with Gasteiger partial charge in [-0.05, 0) is 52.9 Å². The quantitative estimate of drug-likeness (QED) is 0.811. The van der Waals surface area contributed by atoms with Gasteiger partial charge in [0.05, 0.1) is 5.92 Å². The van der Waals surface area contributed by atoms with E-state index in [0.717, 1.165) is 25.8 Å². The summed E-state index contributed by atoms with van der Waals surface area (Å²) in [7, 11) is 0. The normalized spacial score (nSPS) is 21.7. The molecule has 0 aliphatic carbocycles. The highest BCUT2D eigenvalue weighted by molar-refractivity contribution is 5.82. The highest BCUT2D eigenvalue weighted by Crippen LogP contribution is 2.25. The largest absolute Gasteiger partial charge is 0.444 e. The second-order valence-electron chi connectivity index (χ2n) is 8.66. The Kier molecular flexibility index (Phi) is 7.50. The minimum atomic E-state index is -0.509. The van der Waals surface area contributed by atoms with E-state index in [1.165, 1.54) is 0 Å². The number of nitrogens with one attached hydrogen (secondary N) is 1. The summed E-state index contributed by atoms with van der Waals surface area (Å²) in [5.74, 6) is 0.0261. The third-order valence-electron chi connectivity index (χ3n) is 5.15. The molecule has 27 heavy (non-hydrogen) atoms. The van der Waals surface area contributed by atoms with Crippen LogP contribution in [0.3, 0.4) is 0 Å². The molecule has 7 heteroatoms. The Morgan fingerprint density at radius 3 is 2.26 bits per heavy atom. The van der Waals surface area contributed by atoms with Crippen molar-refractivity contribution in [3.63, 3.8) is 0 Å². The van der Waals surface area contributed by atoms with Gasteiger partial charge >= 0.3 is 6.09 Å². The standard InChI is InChI=1S/C20H35N3O4/c1-5-10-21-17(24)16-7-6-11-23(14-16)18(25)15-8-12-22(13-9-15)19(26)27-20(2,3)4/h15-16H,5-14H2,1-4H3,(H,21,24). The van der Waals surface area contributed by atoms with E-state index in [1.54, 1.807) is 4.90 Å². The highest BCUT2D eigenvalue weighted by atomic mass is 16.6. The Bertz CT molecular complexity index is 536. The molecule has 154 valence electrons. The number of amides is 3. The van der Waals surface area contributed by atoms with Crippen LogP contribution in [0.4, 0.5) is 4.79 Å². The molecule has 0 aromatic heterocycles. The first-order chi connectivity index (χ1) is 12.7. The second-order valence-corrected chi connectivity index (χ2v) is 8.66. The van der Waals surface area contributed by atoms with Crippen LogP contribution in [0.15, 0.2) is 0 Å². The van der Waals surface area contributed by atoms with Crippen LogP contribution in [0, 0.1) is 11.8 Å². The van der Waals surface area contributed by atoms with Gasteiger partial charge in [-0.1, -0.05) is 6.92 Å². The average Bonchev–Trinajstić information content (AvgIpc) is 2.64. The van der Waals surface area contributed by atoms with Crippen molar-refractivity contribution in [2.75, 3.05) is 32.7 Å². The van der Waals surface area contributed by atoms with Gasteiger partial charge in [-0.15, -0.1) is 0 Å². The van der Waals surface area contributed by atoms with Gasteiger partial charge in [0.25, 0.3) is 0 Å². The van der Waals surface area contributed by atoms with Crippen LogP contribution in [-0.2, 0) is 14.3 Å². The van der Waals surface area contributed by atoms with Gasteiger partial charge in [0.1, 0.15) is 5.60 Å². The number of likely N-dealkylation sites (tertiary alicyclic amines) is 2. The molecule has 0 spiro atoms. The molecule has 2 fully saturated rings. The molecule has 3 amide bonds. The van der Waals surface area contributed by atoms with Gasteiger partial charge in [-0.2, -0.15) is 0 Å². The van der Waals surface area contributed by atoms with Crippen LogP contribution in [-0.4, -0.2) is 66.0 Å². The van der Waals surface area contributed by atoms with Gasteiger partial charge in [0, 0.05) is 38.6 Å².